The molecule has 0 saturated heterocycles. The number of oxazole rings is 1. The average Bonchev–Trinajstić information content (AvgIpc) is 3.10. The number of carbonyl (C=O) groups is 1. The third-order valence-corrected chi connectivity index (χ3v) is 4.83. The summed E-state index contributed by atoms with van der Waals surface area (Å²) in [5, 5.41) is -0.203. The highest BCUT2D eigenvalue weighted by atomic mass is 35.5. The molecule has 0 aliphatic carbocycles. The van der Waals surface area contributed by atoms with Crippen molar-refractivity contribution in [3.05, 3.63) is 64.0 Å². The summed E-state index contributed by atoms with van der Waals surface area (Å²) in [5.41, 5.74) is 0.564. The van der Waals surface area contributed by atoms with E-state index in [4.69, 9.17) is 16.0 Å². The van der Waals surface area contributed by atoms with E-state index in [2.05, 4.69) is 9.71 Å². The lowest BCUT2D eigenvalue weighted by atomic mass is 9.98. The smallest absolute Gasteiger partial charge is 0.201 e. The van der Waals surface area contributed by atoms with Gasteiger partial charge in [0.2, 0.25) is 10.9 Å². The Morgan fingerprint density at radius 1 is 1.26 bits per heavy atom. The van der Waals surface area contributed by atoms with Gasteiger partial charge in [0, 0.05) is 12.1 Å². The molecule has 27 heavy (non-hydrogen) atoms. The molecule has 0 aliphatic rings. The molecule has 1 aromatic heterocycles. The van der Waals surface area contributed by atoms with Crippen molar-refractivity contribution in [3.63, 3.8) is 0 Å². The molecule has 6 nitrogen and oxygen atoms in total. The maximum absolute atomic E-state index is 14.3. The van der Waals surface area contributed by atoms with Gasteiger partial charge in [-0.3, -0.25) is 4.79 Å². The molecule has 0 unspecified atom stereocenters. The first-order chi connectivity index (χ1) is 12.9. The number of hydrogen-bond donors (Lipinski definition) is 2. The summed E-state index contributed by atoms with van der Waals surface area (Å²) in [5.74, 6) is -3.33. The Bertz CT molecular complexity index is 1090. The van der Waals surface area contributed by atoms with Crippen LogP contribution in [-0.2, 0) is 17.3 Å². The number of ketones is 1. The van der Waals surface area contributed by atoms with E-state index in [0.717, 1.165) is 6.07 Å². The number of nitrogens with zero attached hydrogens (tertiary/aromatic N) is 1. The van der Waals surface area contributed by atoms with Crippen molar-refractivity contribution in [2.75, 3.05) is 6.54 Å². The zero-order chi connectivity index (χ0) is 19.6. The maximum atomic E-state index is 14.3. The third kappa shape index (κ3) is 4.15. The number of hydrogen-bond acceptors (Lipinski definition) is 5. The Balaban J connectivity index is 1.94. The second-order valence-electron chi connectivity index (χ2n) is 5.65. The lowest BCUT2D eigenvalue weighted by molar-refractivity contribution is 0.103. The first-order valence-electron chi connectivity index (χ1n) is 7.80. The number of aromatic nitrogens is 1. The van der Waals surface area contributed by atoms with Gasteiger partial charge >= 0.3 is 0 Å². The average molecular weight is 415 g/mol. The quantitative estimate of drug-likeness (QED) is 0.268. The highest BCUT2D eigenvalue weighted by Gasteiger charge is 2.24. The number of carbonyl (C=O) groups excluding carboxylic acids is 1. The van der Waals surface area contributed by atoms with Crippen molar-refractivity contribution < 1.29 is 26.4 Å². The number of thiol groups is 1. The van der Waals surface area contributed by atoms with Gasteiger partial charge in [-0.15, -0.1) is 0 Å². The van der Waals surface area contributed by atoms with E-state index in [9.17, 15) is 22.0 Å². The first-order valence-corrected chi connectivity index (χ1v) is 9.36. The summed E-state index contributed by atoms with van der Waals surface area (Å²) in [6, 6.07) is 5.21. The third-order valence-electron chi connectivity index (χ3n) is 3.91. The molecule has 0 fully saturated rings. The van der Waals surface area contributed by atoms with Gasteiger partial charge in [0.25, 0.3) is 0 Å². The Morgan fingerprint density at radius 2 is 2.04 bits per heavy atom. The van der Waals surface area contributed by atoms with E-state index in [1.807, 2.05) is 0 Å². The molecule has 0 saturated carbocycles. The molecule has 1 N–H and O–H groups in total. The first kappa shape index (κ1) is 19.4. The van der Waals surface area contributed by atoms with E-state index in [-0.39, 0.29) is 29.1 Å². The Kier molecular flexibility index (Phi) is 5.83. The van der Waals surface area contributed by atoms with Crippen LogP contribution in [0.15, 0.2) is 35.1 Å². The van der Waals surface area contributed by atoms with Gasteiger partial charge < -0.3 is 4.42 Å². The van der Waals surface area contributed by atoms with E-state index in [0.29, 0.717) is 17.5 Å². The van der Waals surface area contributed by atoms with Gasteiger partial charge in [-0.1, -0.05) is 11.6 Å². The van der Waals surface area contributed by atoms with Crippen molar-refractivity contribution in [3.8, 4) is 0 Å². The van der Waals surface area contributed by atoms with E-state index in [1.54, 1.807) is 0 Å². The van der Waals surface area contributed by atoms with Crippen LogP contribution in [0.4, 0.5) is 8.78 Å². The monoisotopic (exact) mass is 414 g/mol. The number of benzene rings is 2. The van der Waals surface area contributed by atoms with Crippen LogP contribution in [0.1, 0.15) is 27.9 Å². The van der Waals surface area contributed by atoms with Crippen LogP contribution in [0.25, 0.3) is 11.1 Å². The van der Waals surface area contributed by atoms with Gasteiger partial charge in [-0.05, 0) is 42.7 Å². The molecular weight excluding hydrogens is 402 g/mol. The zero-order valence-corrected chi connectivity index (χ0v) is 15.3. The highest BCUT2D eigenvalue weighted by Crippen LogP contribution is 2.30. The van der Waals surface area contributed by atoms with E-state index < -0.39 is 33.9 Å². The summed E-state index contributed by atoms with van der Waals surface area (Å²) >= 11 is 6.17. The number of aryl methyl sites for hydroxylation is 1. The largest absolute Gasteiger partial charge is 0.443 e. The zero-order valence-electron chi connectivity index (χ0n) is 13.7. The lowest BCUT2D eigenvalue weighted by Gasteiger charge is -2.11. The van der Waals surface area contributed by atoms with Crippen molar-refractivity contribution in [1.82, 2.24) is 9.71 Å². The van der Waals surface area contributed by atoms with E-state index in [1.165, 1.54) is 24.6 Å². The Hall–Kier alpha value is -2.36. The topological polar surface area (TPSA) is 89.3 Å². The molecule has 1 heterocycles. The molecule has 3 aromatic rings. The minimum Gasteiger partial charge on any atom is -0.443 e. The minimum absolute atomic E-state index is 0.0822. The van der Waals surface area contributed by atoms with Gasteiger partial charge in [-0.2, -0.15) is 0 Å². The molecule has 0 amide bonds. The van der Waals surface area contributed by atoms with Crippen LogP contribution in [0.5, 0.6) is 0 Å². The second-order valence-corrected chi connectivity index (χ2v) is 6.86. The van der Waals surface area contributed by atoms with Crippen molar-refractivity contribution >= 4 is 39.4 Å². The Labute approximate surface area is 159 Å². The molecule has 3 rings (SSSR count). The SMILES string of the molecule is O=C(c1ccc2ocnc2c1)c1c(F)c(F)cc(CCCN[SH](=O)=O)c1Cl. The second kappa shape index (κ2) is 8.12. The van der Waals surface area contributed by atoms with Crippen LogP contribution >= 0.6 is 11.6 Å². The van der Waals surface area contributed by atoms with Crippen LogP contribution in [0.2, 0.25) is 5.02 Å². The molecule has 0 spiro atoms. The molecule has 0 aliphatic heterocycles. The fourth-order valence-corrected chi connectivity index (χ4v) is 3.29. The molecule has 0 atom stereocenters. The molecule has 10 heteroatoms. The number of rotatable bonds is 7. The molecule has 2 aromatic carbocycles. The standard InChI is InChI=1S/C17H13ClF2N2O4S/c18-15-9(2-1-5-22-27(24)25)6-11(19)16(20)14(15)17(23)10-3-4-13-12(7-10)21-8-26-13/h3-4,6-8,27H,1-2,5H2,(H,22,24,25). The predicted molar refractivity (Wildman–Crippen MR) is 95.4 cm³/mol. The summed E-state index contributed by atoms with van der Waals surface area (Å²) in [6.45, 7) is 0.111. The van der Waals surface area contributed by atoms with Crippen LogP contribution in [0, 0.1) is 11.6 Å². The normalized spacial score (nSPS) is 11.4. The minimum atomic E-state index is -2.74. The van der Waals surface area contributed by atoms with E-state index >= 15 is 0 Å². The summed E-state index contributed by atoms with van der Waals surface area (Å²) in [6.07, 6.45) is 1.66. The van der Waals surface area contributed by atoms with Gasteiger partial charge in [0.15, 0.2) is 29.4 Å². The number of fused-ring (bicyclic) bond motifs is 1. The molecule has 0 bridgehead atoms. The summed E-state index contributed by atoms with van der Waals surface area (Å²) in [7, 11) is -2.74. The molecule has 0 radical (unpaired) electrons. The fourth-order valence-electron chi connectivity index (χ4n) is 2.63. The van der Waals surface area contributed by atoms with Crippen LogP contribution in [-0.4, -0.2) is 25.7 Å². The van der Waals surface area contributed by atoms with Crippen LogP contribution in [0.3, 0.4) is 0 Å². The fraction of sp³-hybridized carbons (Fsp3) is 0.176. The maximum Gasteiger partial charge on any atom is 0.201 e. The van der Waals surface area contributed by atoms with Crippen LogP contribution < -0.4 is 4.72 Å². The lowest BCUT2D eigenvalue weighted by Crippen LogP contribution is -2.14. The Morgan fingerprint density at radius 3 is 2.78 bits per heavy atom. The predicted octanol–water partition coefficient (Wildman–Crippen LogP) is 3.04. The highest BCUT2D eigenvalue weighted by molar-refractivity contribution is 7.70. The molecular formula is C17H13ClF2N2O4S. The summed E-state index contributed by atoms with van der Waals surface area (Å²) in [4.78, 5) is 16.7. The van der Waals surface area contributed by atoms with Gasteiger partial charge in [0.1, 0.15) is 5.52 Å². The van der Waals surface area contributed by atoms with Gasteiger partial charge in [-0.25, -0.2) is 26.9 Å². The van der Waals surface area contributed by atoms with Crippen molar-refractivity contribution in [2.24, 2.45) is 0 Å². The number of nitrogens with one attached hydrogen (secondary N) is 1. The van der Waals surface area contributed by atoms with Crippen molar-refractivity contribution in [1.29, 1.82) is 0 Å². The summed E-state index contributed by atoms with van der Waals surface area (Å²) < 4.78 is 56.6. The number of halogens is 3. The van der Waals surface area contributed by atoms with Gasteiger partial charge in [0.05, 0.1) is 10.6 Å². The van der Waals surface area contributed by atoms with Crippen molar-refractivity contribution in [2.45, 2.75) is 12.8 Å². The molecule has 142 valence electrons.